The predicted molar refractivity (Wildman–Crippen MR) is 59.0 cm³/mol. The van der Waals surface area contributed by atoms with Gasteiger partial charge in [0.2, 0.25) is 0 Å². The molecule has 1 aliphatic heterocycles. The summed E-state index contributed by atoms with van der Waals surface area (Å²) in [6, 6.07) is 4.25. The molecular weight excluding hydrogens is 263 g/mol. The summed E-state index contributed by atoms with van der Waals surface area (Å²) in [5.74, 6) is 1.09. The van der Waals surface area contributed by atoms with Crippen LogP contribution in [0.5, 0.6) is 0 Å². The molecule has 1 aliphatic rings. The van der Waals surface area contributed by atoms with Crippen molar-refractivity contribution in [1.29, 1.82) is 0 Å². The van der Waals surface area contributed by atoms with Crippen LogP contribution < -0.4 is 5.32 Å². The average Bonchev–Trinajstić information content (AvgIpc) is 2.05. The highest BCUT2D eigenvalue weighted by Crippen LogP contribution is 2.23. The molecule has 0 radical (unpaired) electrons. The molecule has 12 heavy (non-hydrogen) atoms. The molecule has 2 nitrogen and oxygen atoms in total. The molecule has 0 bridgehead atoms. The Morgan fingerprint density at radius 3 is 3.25 bits per heavy atom. The van der Waals surface area contributed by atoms with Crippen LogP contribution >= 0.6 is 22.6 Å². The molecule has 0 unspecified atom stereocenters. The Bertz CT molecular complexity index is 299. The molecule has 0 fully saturated rings. The maximum absolute atomic E-state index is 4.43. The number of aromatic nitrogens is 1. The zero-order valence-electron chi connectivity index (χ0n) is 6.97. The SMILES string of the molecule is Cc1ccc2c(n1)NC[C@H](I)C2. The van der Waals surface area contributed by atoms with Gasteiger partial charge in [-0.05, 0) is 25.0 Å². The lowest BCUT2D eigenvalue weighted by Gasteiger charge is -2.21. The molecule has 2 rings (SSSR count). The fourth-order valence-electron chi connectivity index (χ4n) is 1.42. The van der Waals surface area contributed by atoms with Gasteiger partial charge in [-0.25, -0.2) is 4.98 Å². The first kappa shape index (κ1) is 8.29. The van der Waals surface area contributed by atoms with E-state index in [2.05, 4.69) is 45.0 Å². The maximum Gasteiger partial charge on any atom is 0.129 e. The quantitative estimate of drug-likeness (QED) is 0.579. The molecule has 0 spiro atoms. The normalized spacial score (nSPS) is 21.3. The Labute approximate surface area is 85.9 Å². The van der Waals surface area contributed by atoms with Crippen molar-refractivity contribution in [3.8, 4) is 0 Å². The summed E-state index contributed by atoms with van der Waals surface area (Å²) in [5.41, 5.74) is 2.44. The first-order chi connectivity index (χ1) is 5.75. The molecule has 0 saturated heterocycles. The Morgan fingerprint density at radius 2 is 2.42 bits per heavy atom. The number of alkyl halides is 1. The van der Waals surface area contributed by atoms with Crippen LogP contribution in [0.1, 0.15) is 11.3 Å². The smallest absolute Gasteiger partial charge is 0.129 e. The van der Waals surface area contributed by atoms with Crippen molar-refractivity contribution < 1.29 is 0 Å². The predicted octanol–water partition coefficient (Wildman–Crippen LogP) is 2.16. The van der Waals surface area contributed by atoms with Crippen molar-refractivity contribution in [2.45, 2.75) is 17.3 Å². The fourth-order valence-corrected chi connectivity index (χ4v) is 2.12. The van der Waals surface area contributed by atoms with Gasteiger partial charge >= 0.3 is 0 Å². The number of hydrogen-bond donors (Lipinski definition) is 1. The topological polar surface area (TPSA) is 24.9 Å². The lowest BCUT2D eigenvalue weighted by Crippen LogP contribution is -2.23. The summed E-state index contributed by atoms with van der Waals surface area (Å²) in [7, 11) is 0. The van der Waals surface area contributed by atoms with Crippen molar-refractivity contribution in [1.82, 2.24) is 4.98 Å². The van der Waals surface area contributed by atoms with Gasteiger partial charge in [0.1, 0.15) is 5.82 Å². The fraction of sp³-hybridized carbons (Fsp3) is 0.444. The molecule has 0 amide bonds. The van der Waals surface area contributed by atoms with Gasteiger partial charge in [0.25, 0.3) is 0 Å². The van der Waals surface area contributed by atoms with Crippen molar-refractivity contribution >= 4 is 28.4 Å². The lowest BCUT2D eigenvalue weighted by molar-refractivity contribution is 0.858. The molecule has 0 aliphatic carbocycles. The van der Waals surface area contributed by atoms with E-state index in [4.69, 9.17) is 0 Å². The van der Waals surface area contributed by atoms with E-state index in [1.807, 2.05) is 6.92 Å². The summed E-state index contributed by atoms with van der Waals surface area (Å²) in [5, 5.41) is 3.33. The van der Waals surface area contributed by atoms with Crippen molar-refractivity contribution in [2.24, 2.45) is 0 Å². The number of aryl methyl sites for hydroxylation is 1. The summed E-state index contributed by atoms with van der Waals surface area (Å²) in [4.78, 5) is 4.43. The second kappa shape index (κ2) is 3.20. The molecule has 0 saturated carbocycles. The van der Waals surface area contributed by atoms with E-state index in [1.165, 1.54) is 5.56 Å². The number of rotatable bonds is 0. The van der Waals surface area contributed by atoms with E-state index in [0.717, 1.165) is 24.5 Å². The van der Waals surface area contributed by atoms with Gasteiger partial charge in [-0.15, -0.1) is 0 Å². The minimum atomic E-state index is 0.708. The van der Waals surface area contributed by atoms with E-state index in [-0.39, 0.29) is 0 Å². The summed E-state index contributed by atoms with van der Waals surface area (Å²) >= 11 is 2.47. The minimum Gasteiger partial charge on any atom is -0.369 e. The number of anilines is 1. The summed E-state index contributed by atoms with van der Waals surface area (Å²) < 4.78 is 0.708. The second-order valence-corrected chi connectivity index (χ2v) is 4.90. The number of halogens is 1. The highest BCUT2D eigenvalue weighted by Gasteiger charge is 2.15. The molecule has 1 N–H and O–H groups in total. The minimum absolute atomic E-state index is 0.708. The second-order valence-electron chi connectivity index (χ2n) is 3.14. The van der Waals surface area contributed by atoms with Crippen LogP contribution in [0, 0.1) is 6.92 Å². The van der Waals surface area contributed by atoms with Gasteiger partial charge in [0, 0.05) is 16.2 Å². The Kier molecular flexibility index (Phi) is 2.21. The molecule has 1 aromatic heterocycles. The van der Waals surface area contributed by atoms with E-state index in [1.54, 1.807) is 0 Å². The molecule has 1 atom stereocenters. The number of nitrogens with zero attached hydrogens (tertiary/aromatic N) is 1. The van der Waals surface area contributed by atoms with Gasteiger partial charge in [0.15, 0.2) is 0 Å². The van der Waals surface area contributed by atoms with Crippen LogP contribution in [0.3, 0.4) is 0 Å². The van der Waals surface area contributed by atoms with Crippen LogP contribution in [0.25, 0.3) is 0 Å². The third-order valence-electron chi connectivity index (χ3n) is 2.05. The van der Waals surface area contributed by atoms with Gasteiger partial charge in [0.05, 0.1) is 0 Å². The van der Waals surface area contributed by atoms with Gasteiger partial charge < -0.3 is 5.32 Å². The zero-order valence-corrected chi connectivity index (χ0v) is 9.13. The molecule has 3 heteroatoms. The van der Waals surface area contributed by atoms with Crippen LogP contribution in [0.4, 0.5) is 5.82 Å². The highest BCUT2D eigenvalue weighted by atomic mass is 127. The molecule has 0 aromatic carbocycles. The first-order valence-corrected chi connectivity index (χ1v) is 5.35. The molecule has 1 aromatic rings. The maximum atomic E-state index is 4.43. The van der Waals surface area contributed by atoms with Crippen LogP contribution in [-0.4, -0.2) is 15.5 Å². The molecular formula is C9H11IN2. The molecule has 64 valence electrons. The van der Waals surface area contributed by atoms with Crippen LogP contribution in [0.2, 0.25) is 0 Å². The number of fused-ring (bicyclic) bond motifs is 1. The van der Waals surface area contributed by atoms with Crippen LogP contribution in [0.15, 0.2) is 12.1 Å². The summed E-state index contributed by atoms with van der Waals surface area (Å²) in [6.45, 7) is 3.07. The number of pyridine rings is 1. The lowest BCUT2D eigenvalue weighted by atomic mass is 10.1. The first-order valence-electron chi connectivity index (χ1n) is 4.10. The number of nitrogens with one attached hydrogen (secondary N) is 1. The van der Waals surface area contributed by atoms with E-state index in [0.29, 0.717) is 3.92 Å². The monoisotopic (exact) mass is 274 g/mol. The third-order valence-corrected chi connectivity index (χ3v) is 2.93. The highest BCUT2D eigenvalue weighted by molar-refractivity contribution is 14.1. The zero-order chi connectivity index (χ0) is 8.55. The number of hydrogen-bond acceptors (Lipinski definition) is 2. The van der Waals surface area contributed by atoms with Crippen LogP contribution in [-0.2, 0) is 6.42 Å². The summed E-state index contributed by atoms with van der Waals surface area (Å²) in [6.07, 6.45) is 1.15. The van der Waals surface area contributed by atoms with E-state index in [9.17, 15) is 0 Å². The van der Waals surface area contributed by atoms with Crippen molar-refractivity contribution in [3.63, 3.8) is 0 Å². The van der Waals surface area contributed by atoms with Crippen molar-refractivity contribution in [2.75, 3.05) is 11.9 Å². The van der Waals surface area contributed by atoms with Gasteiger partial charge in [-0.3, -0.25) is 0 Å². The average molecular weight is 274 g/mol. The van der Waals surface area contributed by atoms with Gasteiger partial charge in [-0.1, -0.05) is 28.7 Å². The molecule has 2 heterocycles. The van der Waals surface area contributed by atoms with Crippen molar-refractivity contribution in [3.05, 3.63) is 23.4 Å². The van der Waals surface area contributed by atoms with E-state index >= 15 is 0 Å². The Hall–Kier alpha value is -0.320. The third kappa shape index (κ3) is 1.55. The van der Waals surface area contributed by atoms with Gasteiger partial charge in [-0.2, -0.15) is 0 Å². The largest absolute Gasteiger partial charge is 0.369 e. The standard InChI is InChI=1S/C9H11IN2/c1-6-2-3-7-4-8(10)5-11-9(7)12-6/h2-3,8H,4-5H2,1H3,(H,11,12)/t8-/m1/s1. The Balaban J connectivity index is 2.37. The van der Waals surface area contributed by atoms with E-state index < -0.39 is 0 Å². The Morgan fingerprint density at radius 1 is 1.58 bits per heavy atom.